The normalized spacial score (nSPS) is 15.7. The Hall–Kier alpha value is -3.50. The van der Waals surface area contributed by atoms with Gasteiger partial charge in [0.2, 0.25) is 0 Å². The molecule has 1 aliphatic heterocycles. The number of rotatable bonds is 6. The van der Waals surface area contributed by atoms with Crippen LogP contribution in [-0.4, -0.2) is 55.1 Å². The summed E-state index contributed by atoms with van der Waals surface area (Å²) in [4.78, 5) is 18.9. The van der Waals surface area contributed by atoms with Crippen molar-refractivity contribution in [2.24, 2.45) is 0 Å². The van der Waals surface area contributed by atoms with Gasteiger partial charge in [-0.05, 0) is 62.3 Å². The fraction of sp³-hybridized carbons (Fsp3) is 0.320. The molecule has 0 radical (unpaired) electrons. The molecular weight excluding hydrogens is 459 g/mol. The summed E-state index contributed by atoms with van der Waals surface area (Å²) in [5.74, 6) is 0. The van der Waals surface area contributed by atoms with Crippen molar-refractivity contribution in [3.8, 4) is 16.9 Å². The highest BCUT2D eigenvalue weighted by Gasteiger charge is 2.30. The van der Waals surface area contributed by atoms with Gasteiger partial charge in [0.1, 0.15) is 0 Å². The molecule has 1 atom stereocenters. The molecule has 1 aliphatic rings. The molecule has 35 heavy (non-hydrogen) atoms. The minimum Gasteiger partial charge on any atom is -0.390 e. The average Bonchev–Trinajstić information content (AvgIpc) is 3.48. The summed E-state index contributed by atoms with van der Waals surface area (Å²) >= 11 is 0. The molecule has 10 heteroatoms. The second-order valence-electron chi connectivity index (χ2n) is 8.78. The van der Waals surface area contributed by atoms with E-state index in [-0.39, 0.29) is 11.3 Å². The first-order valence-corrected chi connectivity index (χ1v) is 11.4. The van der Waals surface area contributed by atoms with Gasteiger partial charge >= 0.3 is 6.18 Å². The Kier molecular flexibility index (Phi) is 6.16. The lowest BCUT2D eigenvalue weighted by molar-refractivity contribution is -0.137. The Morgan fingerprint density at radius 1 is 1.00 bits per heavy atom. The third kappa shape index (κ3) is 4.98. The van der Waals surface area contributed by atoms with Crippen molar-refractivity contribution in [3.05, 3.63) is 77.0 Å². The first kappa shape index (κ1) is 23.3. The highest BCUT2D eigenvalue weighted by Crippen LogP contribution is 2.29. The molecule has 1 N–H and O–H groups in total. The first-order valence-electron chi connectivity index (χ1n) is 11.4. The fourth-order valence-electron chi connectivity index (χ4n) is 4.47. The minimum atomic E-state index is -4.46. The Balaban J connectivity index is 1.35. The number of benzene rings is 1. The molecule has 4 heterocycles. The summed E-state index contributed by atoms with van der Waals surface area (Å²) in [5.41, 5.74) is 1.02. The van der Waals surface area contributed by atoms with Crippen molar-refractivity contribution < 1.29 is 18.3 Å². The Labute approximate surface area is 199 Å². The van der Waals surface area contributed by atoms with Gasteiger partial charge in [0.05, 0.1) is 35.6 Å². The molecule has 1 aromatic carbocycles. The van der Waals surface area contributed by atoms with E-state index in [1.165, 1.54) is 29.5 Å². The molecule has 0 saturated carbocycles. The van der Waals surface area contributed by atoms with Crippen LogP contribution in [0.1, 0.15) is 18.4 Å². The number of β-amino-alcohol motifs (C(OH)–C–C–N with tert-alkyl or cyclic N) is 1. The molecule has 182 valence electrons. The number of aliphatic hydroxyl groups is 1. The number of aliphatic hydroxyl groups excluding tert-OH is 1. The van der Waals surface area contributed by atoms with Crippen LogP contribution >= 0.6 is 0 Å². The highest BCUT2D eigenvalue weighted by atomic mass is 19.4. The molecular formula is C25H24F3N5O2. The van der Waals surface area contributed by atoms with Gasteiger partial charge in [-0.3, -0.25) is 19.0 Å². The zero-order chi connectivity index (χ0) is 24.6. The summed E-state index contributed by atoms with van der Waals surface area (Å²) in [6, 6.07) is 10.7. The predicted molar refractivity (Wildman–Crippen MR) is 125 cm³/mol. The number of likely N-dealkylation sites (tertiary alicyclic amines) is 1. The van der Waals surface area contributed by atoms with E-state index in [9.17, 15) is 23.1 Å². The molecule has 1 saturated heterocycles. The lowest BCUT2D eigenvalue weighted by Crippen LogP contribution is -2.32. The van der Waals surface area contributed by atoms with Crippen LogP contribution in [0.5, 0.6) is 0 Å². The van der Waals surface area contributed by atoms with E-state index in [1.807, 2.05) is 12.1 Å². The van der Waals surface area contributed by atoms with Crippen LogP contribution in [0, 0.1) is 0 Å². The van der Waals surface area contributed by atoms with Crippen molar-refractivity contribution in [1.29, 1.82) is 0 Å². The molecule has 1 fully saturated rings. The van der Waals surface area contributed by atoms with Gasteiger partial charge in [-0.25, -0.2) is 0 Å². The van der Waals surface area contributed by atoms with Crippen molar-refractivity contribution in [2.75, 3.05) is 19.6 Å². The molecule has 0 bridgehead atoms. The van der Waals surface area contributed by atoms with Gasteiger partial charge in [0.15, 0.2) is 0 Å². The monoisotopic (exact) mass is 483 g/mol. The molecule has 3 aromatic heterocycles. The largest absolute Gasteiger partial charge is 0.417 e. The zero-order valence-electron chi connectivity index (χ0n) is 18.8. The number of alkyl halides is 3. The van der Waals surface area contributed by atoms with Crippen LogP contribution in [0.4, 0.5) is 13.2 Å². The van der Waals surface area contributed by atoms with Gasteiger partial charge in [0, 0.05) is 41.6 Å². The van der Waals surface area contributed by atoms with E-state index in [2.05, 4.69) is 15.0 Å². The van der Waals surface area contributed by atoms with Crippen molar-refractivity contribution in [1.82, 2.24) is 24.2 Å². The highest BCUT2D eigenvalue weighted by molar-refractivity contribution is 5.81. The number of hydrogen-bond acceptors (Lipinski definition) is 5. The number of nitrogens with zero attached hydrogens (tertiary/aromatic N) is 5. The second-order valence-corrected chi connectivity index (χ2v) is 8.78. The first-order chi connectivity index (χ1) is 16.8. The average molecular weight is 483 g/mol. The summed E-state index contributed by atoms with van der Waals surface area (Å²) < 4.78 is 41.5. The maximum absolute atomic E-state index is 12.8. The van der Waals surface area contributed by atoms with Crippen LogP contribution in [0.25, 0.3) is 27.8 Å². The number of halogens is 3. The summed E-state index contributed by atoms with van der Waals surface area (Å²) in [6.45, 7) is 3.04. The fourth-order valence-corrected chi connectivity index (χ4v) is 4.47. The molecule has 5 rings (SSSR count). The summed E-state index contributed by atoms with van der Waals surface area (Å²) in [6.07, 6.45) is 1.38. The van der Waals surface area contributed by atoms with Crippen LogP contribution in [0.3, 0.4) is 0 Å². The molecule has 0 unspecified atom stereocenters. The predicted octanol–water partition coefficient (Wildman–Crippen LogP) is 3.72. The van der Waals surface area contributed by atoms with Gasteiger partial charge in [-0.2, -0.15) is 18.3 Å². The van der Waals surface area contributed by atoms with Crippen LogP contribution in [0.15, 0.2) is 65.8 Å². The Morgan fingerprint density at radius 3 is 2.49 bits per heavy atom. The van der Waals surface area contributed by atoms with E-state index in [1.54, 1.807) is 29.2 Å². The lowest BCUT2D eigenvalue weighted by Gasteiger charge is -2.19. The van der Waals surface area contributed by atoms with Crippen LogP contribution < -0.4 is 5.56 Å². The number of hydrogen-bond donors (Lipinski definition) is 1. The van der Waals surface area contributed by atoms with Gasteiger partial charge in [0.25, 0.3) is 5.56 Å². The molecule has 4 aromatic rings. The summed E-state index contributed by atoms with van der Waals surface area (Å²) in [7, 11) is 0. The smallest absolute Gasteiger partial charge is 0.390 e. The third-order valence-electron chi connectivity index (χ3n) is 6.26. The molecule has 0 amide bonds. The molecule has 0 aliphatic carbocycles. The number of fused-ring (bicyclic) bond motifs is 1. The van der Waals surface area contributed by atoms with Crippen molar-refractivity contribution in [2.45, 2.75) is 31.7 Å². The molecule has 0 spiro atoms. The van der Waals surface area contributed by atoms with E-state index >= 15 is 0 Å². The maximum atomic E-state index is 12.8. The lowest BCUT2D eigenvalue weighted by atomic mass is 10.1. The van der Waals surface area contributed by atoms with Crippen LogP contribution in [0.2, 0.25) is 0 Å². The minimum absolute atomic E-state index is 0.284. The Morgan fingerprint density at radius 2 is 1.80 bits per heavy atom. The SMILES string of the molecule is O=c1cc(-c2ccc(C(F)(F)F)cn2)ccn1-c1ccc2c(cnn2C[C@H](O)CN2CCCC2)c1. The topological polar surface area (TPSA) is 76.2 Å². The quantitative estimate of drug-likeness (QED) is 0.453. The van der Waals surface area contributed by atoms with E-state index in [0.717, 1.165) is 36.3 Å². The van der Waals surface area contributed by atoms with E-state index < -0.39 is 17.8 Å². The number of pyridine rings is 2. The summed E-state index contributed by atoms with van der Waals surface area (Å²) in [5, 5.41) is 15.7. The van der Waals surface area contributed by atoms with Gasteiger partial charge in [-0.15, -0.1) is 0 Å². The van der Waals surface area contributed by atoms with Crippen LogP contribution in [-0.2, 0) is 12.7 Å². The van der Waals surface area contributed by atoms with E-state index in [0.29, 0.717) is 24.3 Å². The second kappa shape index (κ2) is 9.27. The maximum Gasteiger partial charge on any atom is 0.417 e. The van der Waals surface area contributed by atoms with Crippen molar-refractivity contribution >= 4 is 10.9 Å². The molecule has 7 nitrogen and oxygen atoms in total. The van der Waals surface area contributed by atoms with Gasteiger partial charge < -0.3 is 10.0 Å². The number of aromatic nitrogens is 4. The third-order valence-corrected chi connectivity index (χ3v) is 6.26. The van der Waals surface area contributed by atoms with Crippen molar-refractivity contribution in [3.63, 3.8) is 0 Å². The zero-order valence-corrected chi connectivity index (χ0v) is 18.8. The van der Waals surface area contributed by atoms with E-state index in [4.69, 9.17) is 0 Å². The standard InChI is InChI=1S/C25H24F3N5O2/c26-25(27,28)19-3-5-22(29-14-19)17-7-10-32(24(35)12-17)20-4-6-23-18(11-20)13-30-33(23)16-21(34)15-31-8-1-2-9-31/h3-7,10-14,21,34H,1-2,8-9,15-16H2/t21-/m1/s1. The Bertz CT molecular complexity index is 1390. The van der Waals surface area contributed by atoms with Gasteiger partial charge in [-0.1, -0.05) is 0 Å².